The average Bonchev–Trinajstić information content (AvgIpc) is 3.06. The molecule has 1 heterocycles. The van der Waals surface area contributed by atoms with E-state index in [4.69, 9.17) is 0 Å². The predicted octanol–water partition coefficient (Wildman–Crippen LogP) is 4.91. The standard InChI is InChI=1S/C19H20N2O/c22-19-11-10-16(17-8-4-5-9-18(17)19)14-12-20-21(13-14)15-6-2-1-3-7-15/h4-5,8-13,15,22H,1-3,6-7H2. The van der Waals surface area contributed by atoms with Crippen LogP contribution in [0.4, 0.5) is 0 Å². The molecule has 1 fully saturated rings. The molecule has 0 radical (unpaired) electrons. The van der Waals surface area contributed by atoms with E-state index >= 15 is 0 Å². The van der Waals surface area contributed by atoms with E-state index in [0.717, 1.165) is 21.9 Å². The van der Waals surface area contributed by atoms with Crippen LogP contribution >= 0.6 is 0 Å². The summed E-state index contributed by atoms with van der Waals surface area (Å²) in [6, 6.07) is 12.3. The van der Waals surface area contributed by atoms with Gasteiger partial charge in [-0.25, -0.2) is 0 Å². The highest BCUT2D eigenvalue weighted by molar-refractivity contribution is 5.99. The highest BCUT2D eigenvalue weighted by atomic mass is 16.3. The van der Waals surface area contributed by atoms with Gasteiger partial charge in [0, 0.05) is 17.1 Å². The zero-order valence-electron chi connectivity index (χ0n) is 12.6. The third-order valence-electron chi connectivity index (χ3n) is 4.76. The van der Waals surface area contributed by atoms with Crippen molar-refractivity contribution < 1.29 is 5.11 Å². The summed E-state index contributed by atoms with van der Waals surface area (Å²) in [6.07, 6.45) is 10.5. The Morgan fingerprint density at radius 1 is 0.955 bits per heavy atom. The summed E-state index contributed by atoms with van der Waals surface area (Å²) in [6.45, 7) is 0. The lowest BCUT2D eigenvalue weighted by molar-refractivity contribution is 0.329. The van der Waals surface area contributed by atoms with E-state index in [1.54, 1.807) is 6.07 Å². The van der Waals surface area contributed by atoms with Crippen LogP contribution in [0.2, 0.25) is 0 Å². The molecule has 0 spiro atoms. The van der Waals surface area contributed by atoms with Crippen LogP contribution in [0, 0.1) is 0 Å². The largest absolute Gasteiger partial charge is 0.507 e. The van der Waals surface area contributed by atoms with Gasteiger partial charge in [-0.3, -0.25) is 4.68 Å². The quantitative estimate of drug-likeness (QED) is 0.728. The Kier molecular flexibility index (Phi) is 3.34. The zero-order valence-corrected chi connectivity index (χ0v) is 12.6. The lowest BCUT2D eigenvalue weighted by Gasteiger charge is -2.21. The molecule has 1 saturated carbocycles. The van der Waals surface area contributed by atoms with Crippen LogP contribution < -0.4 is 0 Å². The van der Waals surface area contributed by atoms with Crippen LogP contribution in [0.3, 0.4) is 0 Å². The Labute approximate surface area is 130 Å². The van der Waals surface area contributed by atoms with Crippen LogP contribution in [-0.4, -0.2) is 14.9 Å². The smallest absolute Gasteiger partial charge is 0.123 e. The molecule has 0 unspecified atom stereocenters. The maximum Gasteiger partial charge on any atom is 0.123 e. The molecule has 4 rings (SSSR count). The molecular weight excluding hydrogens is 272 g/mol. The summed E-state index contributed by atoms with van der Waals surface area (Å²) in [4.78, 5) is 0. The summed E-state index contributed by atoms with van der Waals surface area (Å²) in [5.74, 6) is 0.332. The third-order valence-corrected chi connectivity index (χ3v) is 4.76. The molecule has 0 atom stereocenters. The van der Waals surface area contributed by atoms with Crippen molar-refractivity contribution in [2.24, 2.45) is 0 Å². The van der Waals surface area contributed by atoms with Gasteiger partial charge in [-0.2, -0.15) is 5.10 Å². The Morgan fingerprint density at radius 3 is 2.55 bits per heavy atom. The first-order valence-corrected chi connectivity index (χ1v) is 8.08. The summed E-state index contributed by atoms with van der Waals surface area (Å²) in [7, 11) is 0. The monoisotopic (exact) mass is 292 g/mol. The van der Waals surface area contributed by atoms with Crippen molar-refractivity contribution >= 4 is 10.8 Å². The third kappa shape index (κ3) is 2.27. The van der Waals surface area contributed by atoms with Crippen molar-refractivity contribution in [3.63, 3.8) is 0 Å². The average molecular weight is 292 g/mol. The van der Waals surface area contributed by atoms with Gasteiger partial charge in [0.2, 0.25) is 0 Å². The highest BCUT2D eigenvalue weighted by Gasteiger charge is 2.17. The number of benzene rings is 2. The summed E-state index contributed by atoms with van der Waals surface area (Å²) < 4.78 is 2.14. The fraction of sp³-hybridized carbons (Fsp3) is 0.316. The molecule has 1 aliphatic rings. The first kappa shape index (κ1) is 13.4. The maximum absolute atomic E-state index is 10.0. The predicted molar refractivity (Wildman–Crippen MR) is 89.0 cm³/mol. The SMILES string of the molecule is Oc1ccc(-c2cnn(C3CCCCC3)c2)c2ccccc12. The van der Waals surface area contributed by atoms with Gasteiger partial charge in [-0.05, 0) is 35.9 Å². The van der Waals surface area contributed by atoms with E-state index in [0.29, 0.717) is 11.8 Å². The molecule has 0 saturated heterocycles. The number of rotatable bonds is 2. The van der Waals surface area contributed by atoms with E-state index in [1.165, 1.54) is 32.1 Å². The molecule has 2 aromatic carbocycles. The Bertz CT molecular complexity index is 800. The molecule has 1 aliphatic carbocycles. The van der Waals surface area contributed by atoms with Gasteiger partial charge in [0.25, 0.3) is 0 Å². The minimum atomic E-state index is 0.332. The molecule has 3 nitrogen and oxygen atoms in total. The molecule has 112 valence electrons. The first-order chi connectivity index (χ1) is 10.8. The van der Waals surface area contributed by atoms with E-state index in [9.17, 15) is 5.11 Å². The lowest BCUT2D eigenvalue weighted by atomic mass is 9.95. The number of nitrogens with zero attached hydrogens (tertiary/aromatic N) is 2. The minimum Gasteiger partial charge on any atom is -0.507 e. The summed E-state index contributed by atoms with van der Waals surface area (Å²) in [5.41, 5.74) is 2.26. The zero-order chi connectivity index (χ0) is 14.9. The number of aromatic hydroxyl groups is 1. The van der Waals surface area contributed by atoms with Gasteiger partial charge in [-0.1, -0.05) is 43.5 Å². The van der Waals surface area contributed by atoms with E-state index in [2.05, 4.69) is 22.0 Å². The van der Waals surface area contributed by atoms with Gasteiger partial charge >= 0.3 is 0 Å². The Balaban J connectivity index is 1.76. The summed E-state index contributed by atoms with van der Waals surface area (Å²) in [5, 5.41) is 16.6. The van der Waals surface area contributed by atoms with Gasteiger partial charge in [0.1, 0.15) is 5.75 Å². The Hall–Kier alpha value is -2.29. The van der Waals surface area contributed by atoms with Gasteiger partial charge in [0.05, 0.1) is 12.2 Å². The van der Waals surface area contributed by atoms with Crippen molar-refractivity contribution in [3.8, 4) is 16.9 Å². The van der Waals surface area contributed by atoms with Crippen molar-refractivity contribution in [2.45, 2.75) is 38.1 Å². The van der Waals surface area contributed by atoms with Crippen molar-refractivity contribution in [3.05, 3.63) is 48.8 Å². The van der Waals surface area contributed by atoms with Gasteiger partial charge < -0.3 is 5.11 Å². The van der Waals surface area contributed by atoms with E-state index in [1.807, 2.05) is 30.5 Å². The Morgan fingerprint density at radius 2 is 1.73 bits per heavy atom. The van der Waals surface area contributed by atoms with E-state index < -0.39 is 0 Å². The number of phenolic OH excluding ortho intramolecular Hbond substituents is 1. The maximum atomic E-state index is 10.0. The number of phenols is 1. The topological polar surface area (TPSA) is 38.1 Å². The van der Waals surface area contributed by atoms with Crippen LogP contribution in [-0.2, 0) is 0 Å². The molecule has 0 aliphatic heterocycles. The normalized spacial score (nSPS) is 16.2. The molecule has 1 aromatic heterocycles. The second kappa shape index (κ2) is 5.48. The van der Waals surface area contributed by atoms with Crippen LogP contribution in [0.1, 0.15) is 38.1 Å². The molecule has 3 heteroatoms. The van der Waals surface area contributed by atoms with Crippen LogP contribution in [0.15, 0.2) is 48.8 Å². The second-order valence-corrected chi connectivity index (χ2v) is 6.18. The highest BCUT2D eigenvalue weighted by Crippen LogP contribution is 2.35. The minimum absolute atomic E-state index is 0.332. The first-order valence-electron chi connectivity index (χ1n) is 8.08. The summed E-state index contributed by atoms with van der Waals surface area (Å²) >= 11 is 0. The van der Waals surface area contributed by atoms with Crippen molar-refractivity contribution in [1.82, 2.24) is 9.78 Å². The van der Waals surface area contributed by atoms with Gasteiger partial charge in [-0.15, -0.1) is 0 Å². The number of aromatic nitrogens is 2. The molecule has 0 bridgehead atoms. The molecule has 3 aromatic rings. The molecule has 22 heavy (non-hydrogen) atoms. The van der Waals surface area contributed by atoms with Crippen LogP contribution in [0.5, 0.6) is 5.75 Å². The molecule has 0 amide bonds. The fourth-order valence-electron chi connectivity index (χ4n) is 3.56. The number of hydrogen-bond acceptors (Lipinski definition) is 2. The molecular formula is C19H20N2O. The number of hydrogen-bond donors (Lipinski definition) is 1. The van der Waals surface area contributed by atoms with Crippen LogP contribution in [0.25, 0.3) is 21.9 Å². The lowest BCUT2D eigenvalue weighted by Crippen LogP contribution is -2.12. The second-order valence-electron chi connectivity index (χ2n) is 6.18. The fourth-order valence-corrected chi connectivity index (χ4v) is 3.56. The van der Waals surface area contributed by atoms with Crippen molar-refractivity contribution in [2.75, 3.05) is 0 Å². The van der Waals surface area contributed by atoms with Gasteiger partial charge in [0.15, 0.2) is 0 Å². The number of fused-ring (bicyclic) bond motifs is 1. The van der Waals surface area contributed by atoms with E-state index in [-0.39, 0.29) is 0 Å². The van der Waals surface area contributed by atoms with Crippen molar-refractivity contribution in [1.29, 1.82) is 0 Å². The molecule has 1 N–H and O–H groups in total.